The van der Waals surface area contributed by atoms with Crippen molar-refractivity contribution in [3.8, 4) is 0 Å². The van der Waals surface area contributed by atoms with Gasteiger partial charge in [-0.15, -0.1) is 0 Å². The van der Waals surface area contributed by atoms with Crippen LogP contribution in [0, 0.1) is 5.92 Å². The summed E-state index contributed by atoms with van der Waals surface area (Å²) in [6.07, 6.45) is 4.43. The highest BCUT2D eigenvalue weighted by Gasteiger charge is 2.33. The topological polar surface area (TPSA) is 75.3 Å². The Kier molecular flexibility index (Phi) is 5.07. The van der Waals surface area contributed by atoms with Gasteiger partial charge < -0.3 is 10.6 Å². The first-order valence-corrected chi connectivity index (χ1v) is 9.42. The van der Waals surface area contributed by atoms with E-state index in [9.17, 15) is 13.2 Å². The Morgan fingerprint density at radius 2 is 1.85 bits per heavy atom. The lowest BCUT2D eigenvalue weighted by atomic mass is 10.00. The molecule has 2 aliphatic rings. The smallest absolute Gasteiger partial charge is 0.221 e. The molecule has 0 aromatic heterocycles. The van der Waals surface area contributed by atoms with Gasteiger partial charge in [0.15, 0.2) is 9.84 Å². The summed E-state index contributed by atoms with van der Waals surface area (Å²) >= 11 is 0. The van der Waals surface area contributed by atoms with Gasteiger partial charge >= 0.3 is 0 Å². The number of carbonyl (C=O) groups excluding carboxylic acids is 1. The van der Waals surface area contributed by atoms with Crippen LogP contribution in [0.1, 0.15) is 46.0 Å². The molecule has 2 heterocycles. The Morgan fingerprint density at radius 1 is 1.25 bits per heavy atom. The average molecular weight is 302 g/mol. The molecule has 0 radical (unpaired) electrons. The Bertz CT molecular complexity index is 435. The second-order valence-corrected chi connectivity index (χ2v) is 8.86. The van der Waals surface area contributed by atoms with Crippen molar-refractivity contribution in [2.75, 3.05) is 11.5 Å². The molecular weight excluding hydrogens is 276 g/mol. The molecule has 2 bridgehead atoms. The summed E-state index contributed by atoms with van der Waals surface area (Å²) in [6.45, 7) is 3.75. The van der Waals surface area contributed by atoms with Crippen LogP contribution >= 0.6 is 0 Å². The molecule has 0 spiro atoms. The predicted molar refractivity (Wildman–Crippen MR) is 79.2 cm³/mol. The van der Waals surface area contributed by atoms with E-state index in [1.165, 1.54) is 12.8 Å². The van der Waals surface area contributed by atoms with E-state index in [1.54, 1.807) is 0 Å². The Balaban J connectivity index is 1.73. The van der Waals surface area contributed by atoms with E-state index in [-0.39, 0.29) is 35.8 Å². The number of hydrogen-bond acceptors (Lipinski definition) is 4. The fourth-order valence-corrected chi connectivity index (χ4v) is 4.99. The third-order valence-corrected chi connectivity index (χ3v) is 6.07. The summed E-state index contributed by atoms with van der Waals surface area (Å²) in [7, 11) is -3.10. The average Bonchev–Trinajstić information content (AvgIpc) is 2.65. The van der Waals surface area contributed by atoms with Crippen LogP contribution in [0.5, 0.6) is 0 Å². The highest BCUT2D eigenvalue weighted by Crippen LogP contribution is 2.26. The molecule has 1 amide bonds. The van der Waals surface area contributed by atoms with Crippen molar-refractivity contribution < 1.29 is 13.2 Å². The summed E-state index contributed by atoms with van der Waals surface area (Å²) in [4.78, 5) is 11.9. The van der Waals surface area contributed by atoms with E-state index in [0.29, 0.717) is 12.1 Å². The highest BCUT2D eigenvalue weighted by atomic mass is 32.2. The molecule has 5 nitrogen and oxygen atoms in total. The number of amides is 1. The highest BCUT2D eigenvalue weighted by molar-refractivity contribution is 7.91. The maximum absolute atomic E-state index is 11.9. The molecular formula is C14H26N2O3S. The van der Waals surface area contributed by atoms with Crippen LogP contribution in [-0.2, 0) is 14.6 Å². The molecule has 2 fully saturated rings. The van der Waals surface area contributed by atoms with Gasteiger partial charge in [0.2, 0.25) is 5.91 Å². The van der Waals surface area contributed by atoms with Crippen molar-refractivity contribution in [1.29, 1.82) is 0 Å². The molecule has 2 aliphatic heterocycles. The number of nitrogens with one attached hydrogen (secondary N) is 2. The van der Waals surface area contributed by atoms with Crippen LogP contribution in [0.3, 0.4) is 0 Å². The third-order valence-electron chi connectivity index (χ3n) is 4.07. The number of rotatable bonds is 6. The molecule has 116 valence electrons. The molecule has 2 atom stereocenters. The van der Waals surface area contributed by atoms with E-state index in [4.69, 9.17) is 0 Å². The molecule has 0 saturated carbocycles. The molecule has 2 rings (SSSR count). The zero-order chi connectivity index (χ0) is 14.8. The first kappa shape index (κ1) is 15.8. The van der Waals surface area contributed by atoms with Gasteiger partial charge in [0.1, 0.15) is 0 Å². The molecule has 0 aromatic carbocycles. The molecule has 2 unspecified atom stereocenters. The molecule has 2 saturated heterocycles. The van der Waals surface area contributed by atoms with Crippen molar-refractivity contribution in [2.45, 2.75) is 64.1 Å². The van der Waals surface area contributed by atoms with Gasteiger partial charge in [-0.05, 0) is 31.6 Å². The maximum Gasteiger partial charge on any atom is 0.221 e. The van der Waals surface area contributed by atoms with Gasteiger partial charge in [-0.3, -0.25) is 4.79 Å². The Labute approximate surface area is 121 Å². The van der Waals surface area contributed by atoms with Crippen LogP contribution in [-0.4, -0.2) is 44.0 Å². The van der Waals surface area contributed by atoms with E-state index < -0.39 is 9.84 Å². The minimum absolute atomic E-state index is 0.0329. The minimum atomic E-state index is -3.10. The van der Waals surface area contributed by atoms with Gasteiger partial charge in [0, 0.05) is 24.5 Å². The Hall–Kier alpha value is -0.620. The second kappa shape index (κ2) is 6.43. The van der Waals surface area contributed by atoms with Crippen LogP contribution in [0.25, 0.3) is 0 Å². The monoisotopic (exact) mass is 302 g/mol. The second-order valence-electron chi connectivity index (χ2n) is 6.63. The molecule has 0 aromatic rings. The first-order chi connectivity index (χ1) is 9.34. The zero-order valence-corrected chi connectivity index (χ0v) is 13.2. The van der Waals surface area contributed by atoms with Crippen molar-refractivity contribution in [3.63, 3.8) is 0 Å². The quantitative estimate of drug-likeness (QED) is 0.762. The fraction of sp³-hybridized carbons (Fsp3) is 0.929. The van der Waals surface area contributed by atoms with E-state index in [1.807, 2.05) is 13.8 Å². The van der Waals surface area contributed by atoms with Crippen molar-refractivity contribution >= 4 is 15.7 Å². The minimum Gasteiger partial charge on any atom is -0.353 e. The Morgan fingerprint density at radius 3 is 2.40 bits per heavy atom. The zero-order valence-electron chi connectivity index (χ0n) is 12.4. The van der Waals surface area contributed by atoms with Gasteiger partial charge in [-0.25, -0.2) is 8.42 Å². The summed E-state index contributed by atoms with van der Waals surface area (Å²) in [5.74, 6) is 0.124. The van der Waals surface area contributed by atoms with E-state index in [0.717, 1.165) is 12.8 Å². The van der Waals surface area contributed by atoms with Crippen LogP contribution in [0.15, 0.2) is 0 Å². The normalized spacial score (nSPS) is 29.6. The molecule has 20 heavy (non-hydrogen) atoms. The summed E-state index contributed by atoms with van der Waals surface area (Å²) < 4.78 is 23.5. The summed E-state index contributed by atoms with van der Waals surface area (Å²) in [5.41, 5.74) is 0. The van der Waals surface area contributed by atoms with Gasteiger partial charge in [0.25, 0.3) is 0 Å². The van der Waals surface area contributed by atoms with E-state index >= 15 is 0 Å². The van der Waals surface area contributed by atoms with Crippen LogP contribution in [0.2, 0.25) is 0 Å². The molecule has 6 heteroatoms. The first-order valence-electron chi connectivity index (χ1n) is 7.60. The summed E-state index contributed by atoms with van der Waals surface area (Å²) in [6, 6.07) is 1.28. The SMILES string of the molecule is CC(C)CS(=O)(=O)CCC(=O)NC1CC2CCC(C1)N2. The third kappa shape index (κ3) is 4.74. The summed E-state index contributed by atoms with van der Waals surface area (Å²) in [5, 5.41) is 6.53. The van der Waals surface area contributed by atoms with Gasteiger partial charge in [-0.1, -0.05) is 13.8 Å². The van der Waals surface area contributed by atoms with Crippen LogP contribution in [0.4, 0.5) is 0 Å². The van der Waals surface area contributed by atoms with Crippen LogP contribution < -0.4 is 10.6 Å². The predicted octanol–water partition coefficient (Wildman–Crippen LogP) is 0.847. The van der Waals surface area contributed by atoms with E-state index in [2.05, 4.69) is 10.6 Å². The van der Waals surface area contributed by atoms with Gasteiger partial charge in [0.05, 0.1) is 11.5 Å². The fourth-order valence-electron chi connectivity index (χ4n) is 3.31. The molecule has 2 N–H and O–H groups in total. The maximum atomic E-state index is 11.9. The largest absolute Gasteiger partial charge is 0.353 e. The lowest BCUT2D eigenvalue weighted by molar-refractivity contribution is -0.121. The van der Waals surface area contributed by atoms with Crippen molar-refractivity contribution in [2.24, 2.45) is 5.92 Å². The lowest BCUT2D eigenvalue weighted by Gasteiger charge is -2.29. The van der Waals surface area contributed by atoms with Gasteiger partial charge in [-0.2, -0.15) is 0 Å². The number of fused-ring (bicyclic) bond motifs is 2. The standard InChI is InChI=1S/C14H26N2O3S/c1-10(2)9-20(18,19)6-5-14(17)16-13-7-11-3-4-12(8-13)15-11/h10-13,15H,3-9H2,1-2H3,(H,16,17). The number of sulfone groups is 1. The number of hydrogen-bond donors (Lipinski definition) is 2. The van der Waals surface area contributed by atoms with Crippen molar-refractivity contribution in [1.82, 2.24) is 10.6 Å². The lowest BCUT2D eigenvalue weighted by Crippen LogP contribution is -2.48. The van der Waals surface area contributed by atoms with Crippen molar-refractivity contribution in [3.05, 3.63) is 0 Å². The number of carbonyl (C=O) groups is 1. The molecule has 0 aliphatic carbocycles. The number of piperidine rings is 1.